The number of para-hydroxylation sites is 1. The van der Waals surface area contributed by atoms with Crippen LogP contribution in [-0.4, -0.2) is 23.3 Å². The molecule has 1 aromatic heterocycles. The second-order valence-corrected chi connectivity index (χ2v) is 6.81. The number of aromatic nitrogens is 1. The maximum absolute atomic E-state index is 13.9. The average molecular weight is 386 g/mol. The van der Waals surface area contributed by atoms with E-state index in [1.165, 1.54) is 30.0 Å². The van der Waals surface area contributed by atoms with Gasteiger partial charge in [-0.05, 0) is 43.3 Å². The highest BCUT2D eigenvalue weighted by atomic mass is 32.2. The third-order valence-electron chi connectivity index (χ3n) is 3.81. The molecule has 0 aliphatic heterocycles. The first kappa shape index (κ1) is 19.0. The molecule has 0 spiro atoms. The number of hydrogen-bond acceptors (Lipinski definition) is 4. The molecule has 0 aliphatic carbocycles. The Morgan fingerprint density at radius 3 is 2.74 bits per heavy atom. The van der Waals surface area contributed by atoms with Gasteiger partial charge in [0, 0.05) is 28.6 Å². The number of amides is 1. The van der Waals surface area contributed by atoms with Gasteiger partial charge in [-0.2, -0.15) is 0 Å². The van der Waals surface area contributed by atoms with Crippen molar-refractivity contribution in [3.63, 3.8) is 0 Å². The van der Waals surface area contributed by atoms with E-state index in [0.29, 0.717) is 29.1 Å². The zero-order valence-electron chi connectivity index (χ0n) is 14.8. The van der Waals surface area contributed by atoms with Gasteiger partial charge in [-0.15, -0.1) is 11.8 Å². The topological polar surface area (TPSA) is 71.2 Å². The molecule has 0 atom stereocenters. The van der Waals surface area contributed by atoms with E-state index in [9.17, 15) is 14.0 Å². The van der Waals surface area contributed by atoms with Crippen LogP contribution in [-0.2, 0) is 10.5 Å². The summed E-state index contributed by atoms with van der Waals surface area (Å²) in [6.45, 7) is 2.49. The molecule has 0 aliphatic rings. The Morgan fingerprint density at radius 1 is 1.22 bits per heavy atom. The van der Waals surface area contributed by atoms with Crippen LogP contribution in [0.4, 0.5) is 10.1 Å². The highest BCUT2D eigenvalue weighted by molar-refractivity contribution is 7.99. The van der Waals surface area contributed by atoms with Gasteiger partial charge in [0.05, 0.1) is 17.9 Å². The smallest absolute Gasteiger partial charge is 0.234 e. The predicted molar refractivity (Wildman–Crippen MR) is 107 cm³/mol. The summed E-state index contributed by atoms with van der Waals surface area (Å²) in [4.78, 5) is 27.1. The molecular weight excluding hydrogens is 367 g/mol. The molecule has 5 nitrogen and oxygen atoms in total. The summed E-state index contributed by atoms with van der Waals surface area (Å²) in [6, 6.07) is 13.0. The van der Waals surface area contributed by atoms with Crippen molar-refractivity contribution in [1.82, 2.24) is 4.98 Å². The second kappa shape index (κ2) is 8.73. The number of halogens is 1. The Morgan fingerprint density at radius 2 is 2.00 bits per heavy atom. The summed E-state index contributed by atoms with van der Waals surface area (Å²) < 4.78 is 19.2. The first-order valence-electron chi connectivity index (χ1n) is 8.47. The van der Waals surface area contributed by atoms with Crippen LogP contribution in [0.3, 0.4) is 0 Å². The van der Waals surface area contributed by atoms with Crippen LogP contribution in [0.25, 0.3) is 10.9 Å². The molecule has 2 aromatic carbocycles. The molecule has 3 aromatic rings. The number of pyridine rings is 1. The lowest BCUT2D eigenvalue weighted by atomic mass is 10.2. The van der Waals surface area contributed by atoms with Crippen molar-refractivity contribution < 1.29 is 13.9 Å². The largest absolute Gasteiger partial charge is 0.494 e. The standard InChI is InChI=1S/C20H19FN2O3S/c1-2-26-15-8-6-13(7-9-15)22-19(25)12-27-11-14-10-18(24)16-4-3-5-17(21)20(16)23-14/h3-10H,2,11-12H2,1H3,(H,22,25)(H,23,24). The quantitative estimate of drug-likeness (QED) is 0.645. The zero-order valence-corrected chi connectivity index (χ0v) is 15.6. The molecule has 2 N–H and O–H groups in total. The maximum Gasteiger partial charge on any atom is 0.234 e. The van der Waals surface area contributed by atoms with Gasteiger partial charge in [-0.1, -0.05) is 6.07 Å². The van der Waals surface area contributed by atoms with Crippen molar-refractivity contribution in [2.24, 2.45) is 0 Å². The number of thioether (sulfide) groups is 1. The average Bonchev–Trinajstić information content (AvgIpc) is 2.64. The van der Waals surface area contributed by atoms with E-state index in [2.05, 4.69) is 10.3 Å². The maximum atomic E-state index is 13.9. The summed E-state index contributed by atoms with van der Waals surface area (Å²) in [5.74, 6) is 0.737. The number of carbonyl (C=O) groups is 1. The normalized spacial score (nSPS) is 10.7. The first-order chi connectivity index (χ1) is 13.1. The lowest BCUT2D eigenvalue weighted by Crippen LogP contribution is -2.14. The number of ether oxygens (including phenoxy) is 1. The Bertz CT molecular complexity index is 1000. The number of H-pyrrole nitrogens is 1. The van der Waals surface area contributed by atoms with Gasteiger partial charge in [0.15, 0.2) is 5.43 Å². The SMILES string of the molecule is CCOc1ccc(NC(=O)CSCc2cc(=O)c3cccc(F)c3[nH]2)cc1. The monoisotopic (exact) mass is 386 g/mol. The van der Waals surface area contributed by atoms with Crippen LogP contribution in [0.15, 0.2) is 53.3 Å². The highest BCUT2D eigenvalue weighted by Gasteiger charge is 2.08. The molecular formula is C20H19FN2O3S. The van der Waals surface area contributed by atoms with E-state index in [4.69, 9.17) is 4.74 Å². The number of nitrogens with one attached hydrogen (secondary N) is 2. The van der Waals surface area contributed by atoms with E-state index in [1.807, 2.05) is 6.92 Å². The number of carbonyl (C=O) groups excluding carboxylic acids is 1. The zero-order chi connectivity index (χ0) is 19.2. The van der Waals surface area contributed by atoms with Crippen molar-refractivity contribution >= 4 is 34.3 Å². The summed E-state index contributed by atoms with van der Waals surface area (Å²) in [6.07, 6.45) is 0. The van der Waals surface area contributed by atoms with Crippen molar-refractivity contribution in [2.45, 2.75) is 12.7 Å². The van der Waals surface area contributed by atoms with Crippen molar-refractivity contribution in [3.05, 3.63) is 70.3 Å². The molecule has 7 heteroatoms. The summed E-state index contributed by atoms with van der Waals surface area (Å²) >= 11 is 1.34. The second-order valence-electron chi connectivity index (χ2n) is 5.82. The van der Waals surface area contributed by atoms with Crippen LogP contribution in [0.5, 0.6) is 5.75 Å². The third kappa shape index (κ3) is 4.89. The Hall–Kier alpha value is -2.80. The Kier molecular flexibility index (Phi) is 6.13. The number of anilines is 1. The fraction of sp³-hybridized carbons (Fsp3) is 0.200. The van der Waals surface area contributed by atoms with Crippen molar-refractivity contribution in [3.8, 4) is 5.75 Å². The minimum Gasteiger partial charge on any atom is -0.494 e. The first-order valence-corrected chi connectivity index (χ1v) is 9.63. The highest BCUT2D eigenvalue weighted by Crippen LogP contribution is 2.18. The van der Waals surface area contributed by atoms with E-state index < -0.39 is 5.82 Å². The van der Waals surface area contributed by atoms with E-state index in [1.54, 1.807) is 30.3 Å². The Balaban J connectivity index is 1.56. The van der Waals surface area contributed by atoms with Crippen LogP contribution >= 0.6 is 11.8 Å². The minimum absolute atomic E-state index is 0.154. The lowest BCUT2D eigenvalue weighted by Gasteiger charge is -2.08. The summed E-state index contributed by atoms with van der Waals surface area (Å²) in [5, 5.41) is 3.12. The van der Waals surface area contributed by atoms with E-state index in [-0.39, 0.29) is 22.6 Å². The van der Waals surface area contributed by atoms with Gasteiger partial charge in [0.1, 0.15) is 11.6 Å². The summed E-state index contributed by atoms with van der Waals surface area (Å²) in [7, 11) is 0. The van der Waals surface area contributed by atoms with Gasteiger partial charge < -0.3 is 15.0 Å². The van der Waals surface area contributed by atoms with Crippen molar-refractivity contribution in [2.75, 3.05) is 17.7 Å². The van der Waals surface area contributed by atoms with Crippen LogP contribution in [0.2, 0.25) is 0 Å². The van der Waals surface area contributed by atoms with E-state index in [0.717, 1.165) is 5.75 Å². The van der Waals surface area contributed by atoms with Gasteiger partial charge in [-0.25, -0.2) is 4.39 Å². The van der Waals surface area contributed by atoms with Crippen molar-refractivity contribution in [1.29, 1.82) is 0 Å². The number of aromatic amines is 1. The van der Waals surface area contributed by atoms with Gasteiger partial charge in [0.25, 0.3) is 0 Å². The molecule has 1 heterocycles. The fourth-order valence-electron chi connectivity index (χ4n) is 2.62. The molecule has 0 saturated carbocycles. The molecule has 0 saturated heterocycles. The molecule has 3 rings (SSSR count). The molecule has 0 unspecified atom stereocenters. The molecule has 0 radical (unpaired) electrons. The third-order valence-corrected chi connectivity index (χ3v) is 4.79. The molecule has 1 amide bonds. The predicted octanol–water partition coefficient (Wildman–Crippen LogP) is 3.94. The van der Waals surface area contributed by atoms with Crippen LogP contribution in [0, 0.1) is 5.82 Å². The van der Waals surface area contributed by atoms with E-state index >= 15 is 0 Å². The Labute approximate surface area is 159 Å². The van der Waals surface area contributed by atoms with Gasteiger partial charge in [-0.3, -0.25) is 9.59 Å². The molecule has 0 fully saturated rings. The van der Waals surface area contributed by atoms with Crippen LogP contribution in [0.1, 0.15) is 12.6 Å². The van der Waals surface area contributed by atoms with Gasteiger partial charge >= 0.3 is 0 Å². The fourth-order valence-corrected chi connectivity index (χ4v) is 3.35. The number of hydrogen-bond donors (Lipinski definition) is 2. The summed E-state index contributed by atoms with van der Waals surface area (Å²) in [5.41, 5.74) is 1.22. The molecule has 0 bridgehead atoms. The molecule has 27 heavy (non-hydrogen) atoms. The number of rotatable bonds is 7. The lowest BCUT2D eigenvalue weighted by molar-refractivity contribution is -0.113. The van der Waals surface area contributed by atoms with Gasteiger partial charge in [0.2, 0.25) is 5.91 Å². The van der Waals surface area contributed by atoms with Crippen LogP contribution < -0.4 is 15.5 Å². The number of fused-ring (bicyclic) bond motifs is 1. The molecule has 140 valence electrons. The number of benzene rings is 2. The minimum atomic E-state index is -0.468.